The molecule has 0 bridgehead atoms. The number of fused-ring (bicyclic) bond motifs is 3. The van der Waals surface area contributed by atoms with Crippen LogP contribution in [0, 0.1) is 10.8 Å². The minimum atomic E-state index is 0.512. The van der Waals surface area contributed by atoms with Gasteiger partial charge in [-0.3, -0.25) is 10.8 Å². The van der Waals surface area contributed by atoms with Crippen molar-refractivity contribution in [3.8, 4) is 0 Å². The summed E-state index contributed by atoms with van der Waals surface area (Å²) in [5.74, 6) is 0. The summed E-state index contributed by atoms with van der Waals surface area (Å²) in [5, 5.41) is 19.3. The van der Waals surface area contributed by atoms with Gasteiger partial charge in [-0.25, -0.2) is 0 Å². The van der Waals surface area contributed by atoms with Crippen molar-refractivity contribution in [3.05, 3.63) is 119 Å². The van der Waals surface area contributed by atoms with Crippen LogP contribution in [0.3, 0.4) is 0 Å². The van der Waals surface area contributed by atoms with E-state index < -0.39 is 0 Å². The van der Waals surface area contributed by atoms with E-state index in [2.05, 4.69) is 17.1 Å². The van der Waals surface area contributed by atoms with Gasteiger partial charge in [0.2, 0.25) is 0 Å². The SMILES string of the molecule is N=C(c1ccccc1)c1ccc2c(c1)[nH]c1cc(C(=N)c3ccccc3)ccc12. The number of H-pyrrole nitrogens is 1. The molecule has 0 saturated heterocycles. The largest absolute Gasteiger partial charge is 0.354 e. The first-order valence-electron chi connectivity index (χ1n) is 9.55. The lowest BCUT2D eigenvalue weighted by molar-refractivity contribution is 1.45. The topological polar surface area (TPSA) is 63.5 Å². The van der Waals surface area contributed by atoms with Crippen LogP contribution in [0.2, 0.25) is 0 Å². The highest BCUT2D eigenvalue weighted by Crippen LogP contribution is 2.28. The number of benzene rings is 4. The highest BCUT2D eigenvalue weighted by molar-refractivity contribution is 6.16. The minimum absolute atomic E-state index is 0.512. The van der Waals surface area contributed by atoms with E-state index >= 15 is 0 Å². The van der Waals surface area contributed by atoms with E-state index in [0.717, 1.165) is 44.1 Å². The second-order valence-electron chi connectivity index (χ2n) is 7.13. The summed E-state index contributed by atoms with van der Waals surface area (Å²) in [6.07, 6.45) is 0. The molecule has 3 N–H and O–H groups in total. The van der Waals surface area contributed by atoms with E-state index in [1.54, 1.807) is 0 Å². The van der Waals surface area contributed by atoms with Crippen LogP contribution in [0.5, 0.6) is 0 Å². The van der Waals surface area contributed by atoms with Gasteiger partial charge in [-0.2, -0.15) is 0 Å². The molecular formula is C26H19N3. The molecule has 0 saturated carbocycles. The molecule has 0 aliphatic carbocycles. The average Bonchev–Trinajstić information content (AvgIpc) is 3.16. The third-order valence-electron chi connectivity index (χ3n) is 5.30. The monoisotopic (exact) mass is 373 g/mol. The zero-order valence-electron chi connectivity index (χ0n) is 15.7. The summed E-state index contributed by atoms with van der Waals surface area (Å²) in [4.78, 5) is 3.48. The van der Waals surface area contributed by atoms with Crippen LogP contribution < -0.4 is 0 Å². The zero-order valence-corrected chi connectivity index (χ0v) is 15.7. The van der Waals surface area contributed by atoms with Crippen molar-refractivity contribution >= 4 is 33.2 Å². The lowest BCUT2D eigenvalue weighted by Crippen LogP contribution is -2.00. The number of hydrogen-bond acceptors (Lipinski definition) is 2. The summed E-state index contributed by atoms with van der Waals surface area (Å²) in [6, 6.07) is 31.8. The first kappa shape index (κ1) is 17.1. The second-order valence-corrected chi connectivity index (χ2v) is 7.13. The molecule has 0 fully saturated rings. The third-order valence-corrected chi connectivity index (χ3v) is 5.30. The quantitative estimate of drug-likeness (QED) is 0.316. The molecule has 0 amide bonds. The van der Waals surface area contributed by atoms with Crippen LogP contribution in [0.25, 0.3) is 21.8 Å². The highest BCUT2D eigenvalue weighted by atomic mass is 14.7. The molecule has 4 aromatic carbocycles. The summed E-state index contributed by atoms with van der Waals surface area (Å²) in [5.41, 5.74) is 6.60. The van der Waals surface area contributed by atoms with E-state index in [-0.39, 0.29) is 0 Å². The Balaban J connectivity index is 1.56. The predicted molar refractivity (Wildman–Crippen MR) is 121 cm³/mol. The Labute approximate surface area is 168 Å². The molecule has 3 nitrogen and oxygen atoms in total. The maximum Gasteiger partial charge on any atom is 0.0685 e. The molecule has 0 aliphatic rings. The third kappa shape index (κ3) is 3.03. The van der Waals surface area contributed by atoms with Crippen LogP contribution >= 0.6 is 0 Å². The predicted octanol–water partition coefficient (Wildman–Crippen LogP) is 6.15. The Bertz CT molecular complexity index is 1260. The van der Waals surface area contributed by atoms with E-state index in [4.69, 9.17) is 10.8 Å². The van der Waals surface area contributed by atoms with Crippen molar-refractivity contribution in [2.24, 2.45) is 0 Å². The maximum atomic E-state index is 8.52. The van der Waals surface area contributed by atoms with E-state index in [9.17, 15) is 0 Å². The number of rotatable bonds is 4. The fourth-order valence-electron chi connectivity index (χ4n) is 3.76. The van der Waals surface area contributed by atoms with Crippen LogP contribution in [-0.2, 0) is 0 Å². The van der Waals surface area contributed by atoms with E-state index in [1.165, 1.54) is 0 Å². The molecule has 5 aromatic rings. The Morgan fingerprint density at radius 1 is 0.483 bits per heavy atom. The maximum absolute atomic E-state index is 8.52. The Kier molecular flexibility index (Phi) is 4.07. The molecule has 138 valence electrons. The molecule has 1 aromatic heterocycles. The standard InChI is InChI=1S/C26H19N3/c27-25(17-7-3-1-4-8-17)19-11-13-21-22-14-12-20(16-24(22)29-23(21)15-19)26(28)18-9-5-2-6-10-18/h1-16,27-29H. The van der Waals surface area contributed by atoms with Crippen molar-refractivity contribution < 1.29 is 0 Å². The normalized spacial score (nSPS) is 11.0. The smallest absolute Gasteiger partial charge is 0.0685 e. The minimum Gasteiger partial charge on any atom is -0.354 e. The van der Waals surface area contributed by atoms with Crippen LogP contribution in [-0.4, -0.2) is 16.4 Å². The van der Waals surface area contributed by atoms with E-state index in [0.29, 0.717) is 11.4 Å². The van der Waals surface area contributed by atoms with Gasteiger partial charge in [0, 0.05) is 32.9 Å². The second kappa shape index (κ2) is 6.88. The number of aromatic amines is 1. The Morgan fingerprint density at radius 3 is 1.31 bits per heavy atom. The van der Waals surface area contributed by atoms with Crippen LogP contribution in [0.1, 0.15) is 22.3 Å². The summed E-state index contributed by atoms with van der Waals surface area (Å²) >= 11 is 0. The van der Waals surface area contributed by atoms with E-state index in [1.807, 2.05) is 84.9 Å². The number of nitrogens with one attached hydrogen (secondary N) is 3. The van der Waals surface area contributed by atoms with Crippen molar-refractivity contribution in [1.82, 2.24) is 4.98 Å². The summed E-state index contributed by atoms with van der Waals surface area (Å²) in [6.45, 7) is 0. The van der Waals surface area contributed by atoms with Crippen molar-refractivity contribution in [1.29, 1.82) is 10.8 Å². The Hall–Kier alpha value is -3.98. The van der Waals surface area contributed by atoms with Crippen LogP contribution in [0.4, 0.5) is 0 Å². The fraction of sp³-hybridized carbons (Fsp3) is 0. The lowest BCUT2D eigenvalue weighted by Gasteiger charge is -2.05. The molecule has 1 heterocycles. The van der Waals surface area contributed by atoms with Gasteiger partial charge >= 0.3 is 0 Å². The van der Waals surface area contributed by atoms with Gasteiger partial charge in [0.25, 0.3) is 0 Å². The van der Waals surface area contributed by atoms with Crippen molar-refractivity contribution in [2.75, 3.05) is 0 Å². The van der Waals surface area contributed by atoms with Gasteiger partial charge in [-0.05, 0) is 23.3 Å². The Morgan fingerprint density at radius 2 is 0.897 bits per heavy atom. The van der Waals surface area contributed by atoms with Gasteiger partial charge in [-0.15, -0.1) is 0 Å². The molecule has 0 spiro atoms. The fourth-order valence-corrected chi connectivity index (χ4v) is 3.76. The molecular weight excluding hydrogens is 354 g/mol. The number of hydrogen-bond donors (Lipinski definition) is 3. The van der Waals surface area contributed by atoms with Gasteiger partial charge in [-0.1, -0.05) is 84.9 Å². The molecule has 29 heavy (non-hydrogen) atoms. The summed E-state index contributed by atoms with van der Waals surface area (Å²) in [7, 11) is 0. The first-order chi connectivity index (χ1) is 14.2. The molecule has 0 atom stereocenters. The molecule has 0 aliphatic heterocycles. The zero-order chi connectivity index (χ0) is 19.8. The first-order valence-corrected chi connectivity index (χ1v) is 9.55. The van der Waals surface area contributed by atoms with Crippen LogP contribution in [0.15, 0.2) is 97.1 Å². The molecule has 0 radical (unpaired) electrons. The highest BCUT2D eigenvalue weighted by Gasteiger charge is 2.11. The molecule has 0 unspecified atom stereocenters. The van der Waals surface area contributed by atoms with Gasteiger partial charge in [0.15, 0.2) is 0 Å². The lowest BCUT2D eigenvalue weighted by atomic mass is 9.99. The summed E-state index contributed by atoms with van der Waals surface area (Å²) < 4.78 is 0. The van der Waals surface area contributed by atoms with Crippen molar-refractivity contribution in [2.45, 2.75) is 0 Å². The van der Waals surface area contributed by atoms with Gasteiger partial charge < -0.3 is 4.98 Å². The molecule has 3 heteroatoms. The van der Waals surface area contributed by atoms with Gasteiger partial charge in [0.05, 0.1) is 11.4 Å². The van der Waals surface area contributed by atoms with Gasteiger partial charge in [0.1, 0.15) is 0 Å². The molecule has 5 rings (SSSR count). The average molecular weight is 373 g/mol. The number of aromatic nitrogens is 1. The van der Waals surface area contributed by atoms with Crippen molar-refractivity contribution in [3.63, 3.8) is 0 Å².